The van der Waals surface area contributed by atoms with Gasteiger partial charge in [0.2, 0.25) is 11.8 Å². The topological polar surface area (TPSA) is 95.5 Å². The number of hydrogen-bond donors (Lipinski definition) is 3. The summed E-state index contributed by atoms with van der Waals surface area (Å²) in [5.41, 5.74) is 1.97. The Hall–Kier alpha value is -2.37. The predicted octanol–water partition coefficient (Wildman–Crippen LogP) is 0.879. The lowest BCUT2D eigenvalue weighted by Gasteiger charge is -2.17. The first kappa shape index (κ1) is 17.7. The van der Waals surface area contributed by atoms with Crippen molar-refractivity contribution in [3.05, 3.63) is 35.4 Å². The minimum absolute atomic E-state index is 0.0199. The molecule has 22 heavy (non-hydrogen) atoms. The molecule has 1 aromatic carbocycles. The van der Waals surface area contributed by atoms with Crippen LogP contribution in [-0.4, -0.2) is 35.5 Å². The number of benzene rings is 1. The summed E-state index contributed by atoms with van der Waals surface area (Å²) in [6.45, 7) is 4.83. The molecule has 120 valence electrons. The molecule has 1 aromatic rings. The van der Waals surface area contributed by atoms with Crippen molar-refractivity contribution in [1.29, 1.82) is 0 Å². The average Bonchev–Trinajstić information content (AvgIpc) is 2.42. The third-order valence-corrected chi connectivity index (χ3v) is 3.25. The van der Waals surface area contributed by atoms with E-state index in [2.05, 4.69) is 10.6 Å². The summed E-state index contributed by atoms with van der Waals surface area (Å²) in [4.78, 5) is 34.0. The van der Waals surface area contributed by atoms with Crippen molar-refractivity contribution in [3.8, 4) is 0 Å². The third kappa shape index (κ3) is 5.95. The monoisotopic (exact) mass is 306 g/mol. The Morgan fingerprint density at radius 1 is 1.27 bits per heavy atom. The molecule has 2 amide bonds. The van der Waals surface area contributed by atoms with Crippen molar-refractivity contribution in [1.82, 2.24) is 10.6 Å². The molecule has 0 aliphatic rings. The van der Waals surface area contributed by atoms with Gasteiger partial charge in [0, 0.05) is 13.5 Å². The van der Waals surface area contributed by atoms with Crippen molar-refractivity contribution in [2.45, 2.75) is 33.2 Å². The van der Waals surface area contributed by atoms with Crippen LogP contribution in [0, 0.1) is 12.8 Å². The zero-order chi connectivity index (χ0) is 16.7. The van der Waals surface area contributed by atoms with Crippen LogP contribution in [0.2, 0.25) is 0 Å². The van der Waals surface area contributed by atoms with Crippen LogP contribution in [-0.2, 0) is 20.8 Å². The van der Waals surface area contributed by atoms with E-state index in [0.717, 1.165) is 11.1 Å². The van der Waals surface area contributed by atoms with Crippen molar-refractivity contribution >= 4 is 17.8 Å². The van der Waals surface area contributed by atoms with Crippen molar-refractivity contribution in [2.24, 2.45) is 5.92 Å². The number of nitrogens with one attached hydrogen (secondary N) is 2. The number of carboxylic acid groups (broad SMARTS) is 1. The minimum atomic E-state index is -0.964. The van der Waals surface area contributed by atoms with E-state index in [0.29, 0.717) is 6.42 Å². The maximum Gasteiger partial charge on any atom is 0.308 e. The molecule has 0 fully saturated rings. The summed E-state index contributed by atoms with van der Waals surface area (Å²) in [6.07, 6.45) is 0.339. The number of rotatable bonds is 7. The van der Waals surface area contributed by atoms with Crippen molar-refractivity contribution in [3.63, 3.8) is 0 Å². The lowest BCUT2D eigenvalue weighted by atomic mass is 9.98. The highest BCUT2D eigenvalue weighted by Gasteiger charge is 2.21. The molecule has 0 saturated carbocycles. The van der Waals surface area contributed by atoms with E-state index in [-0.39, 0.29) is 12.5 Å². The molecule has 0 bridgehead atoms. The first-order valence-corrected chi connectivity index (χ1v) is 7.12. The Labute approximate surface area is 129 Å². The van der Waals surface area contributed by atoms with Crippen LogP contribution in [0.1, 0.15) is 25.0 Å². The van der Waals surface area contributed by atoms with Gasteiger partial charge >= 0.3 is 5.97 Å². The Bertz CT molecular complexity index is 557. The predicted molar refractivity (Wildman–Crippen MR) is 82.3 cm³/mol. The summed E-state index contributed by atoms with van der Waals surface area (Å²) < 4.78 is 0. The smallest absolute Gasteiger partial charge is 0.308 e. The average molecular weight is 306 g/mol. The molecule has 0 heterocycles. The molecular formula is C16H22N2O4. The number of hydrogen-bond acceptors (Lipinski definition) is 3. The van der Waals surface area contributed by atoms with Crippen molar-refractivity contribution < 1.29 is 19.5 Å². The zero-order valence-corrected chi connectivity index (χ0v) is 13.1. The number of aliphatic carboxylic acids is 1. The zero-order valence-electron chi connectivity index (χ0n) is 13.1. The molecule has 0 aromatic heterocycles. The van der Waals surface area contributed by atoms with Gasteiger partial charge in [0.05, 0.1) is 5.92 Å². The normalized spacial score (nSPS) is 13.0. The molecule has 3 N–H and O–H groups in total. The van der Waals surface area contributed by atoms with Crippen molar-refractivity contribution in [2.75, 3.05) is 6.54 Å². The summed E-state index contributed by atoms with van der Waals surface area (Å²) in [6, 6.07) is 6.92. The van der Waals surface area contributed by atoms with Gasteiger partial charge in [0.25, 0.3) is 0 Å². The SMILES string of the molecule is CC(=O)NC(C)C(=O)NCC(Cc1cccc(C)c1)C(=O)O. The molecule has 1 rings (SSSR count). The van der Waals surface area contributed by atoms with Crippen LogP contribution < -0.4 is 10.6 Å². The van der Waals surface area contributed by atoms with Crippen LogP contribution >= 0.6 is 0 Å². The highest BCUT2D eigenvalue weighted by molar-refractivity contribution is 5.86. The van der Waals surface area contributed by atoms with Crippen LogP contribution in [0.25, 0.3) is 0 Å². The fourth-order valence-electron chi connectivity index (χ4n) is 2.12. The fourth-order valence-corrected chi connectivity index (χ4v) is 2.12. The first-order chi connectivity index (χ1) is 10.3. The number of aryl methyl sites for hydroxylation is 1. The highest BCUT2D eigenvalue weighted by Crippen LogP contribution is 2.11. The second-order valence-electron chi connectivity index (χ2n) is 5.40. The highest BCUT2D eigenvalue weighted by atomic mass is 16.4. The lowest BCUT2D eigenvalue weighted by Crippen LogP contribution is -2.46. The molecule has 0 radical (unpaired) electrons. The summed E-state index contributed by atoms with van der Waals surface area (Å²) in [5, 5.41) is 14.3. The van der Waals surface area contributed by atoms with Gasteiger partial charge in [-0.2, -0.15) is 0 Å². The second-order valence-corrected chi connectivity index (χ2v) is 5.40. The van der Waals surface area contributed by atoms with Gasteiger partial charge in [0.15, 0.2) is 0 Å². The molecule has 0 aliphatic carbocycles. The largest absolute Gasteiger partial charge is 0.481 e. The molecule has 6 heteroatoms. The van der Waals surface area contributed by atoms with Crippen LogP contribution in [0.3, 0.4) is 0 Å². The molecular weight excluding hydrogens is 284 g/mol. The summed E-state index contributed by atoms with van der Waals surface area (Å²) in [5.74, 6) is -2.38. The quantitative estimate of drug-likeness (QED) is 0.697. The van der Waals surface area contributed by atoms with E-state index >= 15 is 0 Å². The van der Waals surface area contributed by atoms with Gasteiger partial charge in [0.1, 0.15) is 6.04 Å². The van der Waals surface area contributed by atoms with E-state index in [1.807, 2.05) is 31.2 Å². The minimum Gasteiger partial charge on any atom is -0.481 e. The molecule has 0 aliphatic heterocycles. The van der Waals surface area contributed by atoms with Gasteiger partial charge in [-0.15, -0.1) is 0 Å². The molecule has 6 nitrogen and oxygen atoms in total. The number of amides is 2. The van der Waals surface area contributed by atoms with Gasteiger partial charge in [-0.3, -0.25) is 14.4 Å². The second kappa shape index (κ2) is 8.17. The van der Waals surface area contributed by atoms with Gasteiger partial charge in [-0.25, -0.2) is 0 Å². The summed E-state index contributed by atoms with van der Waals surface area (Å²) >= 11 is 0. The Morgan fingerprint density at radius 3 is 2.50 bits per heavy atom. The van der Waals surface area contributed by atoms with Gasteiger partial charge < -0.3 is 15.7 Å². The first-order valence-electron chi connectivity index (χ1n) is 7.12. The number of carbonyl (C=O) groups is 3. The van der Waals surface area contributed by atoms with E-state index in [1.165, 1.54) is 6.92 Å². The van der Waals surface area contributed by atoms with E-state index in [4.69, 9.17) is 0 Å². The number of carboxylic acids is 1. The third-order valence-electron chi connectivity index (χ3n) is 3.25. The van der Waals surface area contributed by atoms with Gasteiger partial charge in [-0.1, -0.05) is 29.8 Å². The molecule has 2 atom stereocenters. The molecule has 0 spiro atoms. The fraction of sp³-hybridized carbons (Fsp3) is 0.438. The Morgan fingerprint density at radius 2 is 1.95 bits per heavy atom. The van der Waals surface area contributed by atoms with E-state index in [9.17, 15) is 19.5 Å². The number of carbonyl (C=O) groups excluding carboxylic acids is 2. The lowest BCUT2D eigenvalue weighted by molar-refractivity contribution is -0.141. The van der Waals surface area contributed by atoms with Crippen LogP contribution in [0.4, 0.5) is 0 Å². The molecule has 0 saturated heterocycles. The van der Waals surface area contributed by atoms with Gasteiger partial charge in [-0.05, 0) is 25.8 Å². The van der Waals surface area contributed by atoms with Crippen LogP contribution in [0.15, 0.2) is 24.3 Å². The maximum absolute atomic E-state index is 11.8. The van der Waals surface area contributed by atoms with E-state index < -0.39 is 23.8 Å². The standard InChI is InChI=1S/C16H22N2O4/c1-10-5-4-6-13(7-10)8-14(16(21)22)9-17-15(20)11(2)18-12(3)19/h4-7,11,14H,8-9H2,1-3H3,(H,17,20)(H,18,19)(H,21,22). The van der Waals surface area contributed by atoms with E-state index in [1.54, 1.807) is 6.92 Å². The molecule has 2 unspecified atom stereocenters. The Balaban J connectivity index is 2.60. The maximum atomic E-state index is 11.8. The van der Waals surface area contributed by atoms with Crippen LogP contribution in [0.5, 0.6) is 0 Å². The summed E-state index contributed by atoms with van der Waals surface area (Å²) in [7, 11) is 0. The Kier molecular flexibility index (Phi) is 6.56.